The molecule has 0 aliphatic heterocycles. The van der Waals surface area contributed by atoms with E-state index in [2.05, 4.69) is 4.98 Å². The molecule has 84 valence electrons. The third kappa shape index (κ3) is 3.03. The molecule has 1 aromatic heterocycles. The summed E-state index contributed by atoms with van der Waals surface area (Å²) in [7, 11) is 5.46. The SMILES string of the molecule is [B]c1cc(OCc2ccc(F)cc2F)ccn1. The van der Waals surface area contributed by atoms with E-state index in [0.717, 1.165) is 6.07 Å². The summed E-state index contributed by atoms with van der Waals surface area (Å²) in [5, 5.41) is 0. The van der Waals surface area contributed by atoms with Gasteiger partial charge in [0.2, 0.25) is 0 Å². The molecule has 2 nitrogen and oxygen atoms in total. The van der Waals surface area contributed by atoms with Gasteiger partial charge < -0.3 is 4.74 Å². The highest BCUT2D eigenvalue weighted by Crippen LogP contribution is 2.13. The molecule has 0 unspecified atom stereocenters. The Kier molecular flexibility index (Phi) is 3.37. The lowest BCUT2D eigenvalue weighted by Gasteiger charge is -2.07. The molecule has 17 heavy (non-hydrogen) atoms. The van der Waals surface area contributed by atoms with Crippen LogP contribution < -0.4 is 10.3 Å². The molecule has 2 radical (unpaired) electrons. The van der Waals surface area contributed by atoms with Crippen molar-refractivity contribution in [3.63, 3.8) is 0 Å². The first-order valence-electron chi connectivity index (χ1n) is 4.93. The van der Waals surface area contributed by atoms with Gasteiger partial charge in [0.1, 0.15) is 31.8 Å². The van der Waals surface area contributed by atoms with Gasteiger partial charge in [-0.25, -0.2) is 8.78 Å². The maximum Gasteiger partial charge on any atom is 0.141 e. The van der Waals surface area contributed by atoms with Gasteiger partial charge in [-0.15, -0.1) is 0 Å². The number of benzene rings is 1. The second kappa shape index (κ2) is 4.95. The van der Waals surface area contributed by atoms with Crippen LogP contribution in [-0.2, 0) is 6.61 Å². The van der Waals surface area contributed by atoms with Crippen molar-refractivity contribution in [2.24, 2.45) is 0 Å². The van der Waals surface area contributed by atoms with Crippen LogP contribution in [0.3, 0.4) is 0 Å². The number of rotatable bonds is 3. The lowest BCUT2D eigenvalue weighted by atomic mass is 10.0. The van der Waals surface area contributed by atoms with Gasteiger partial charge in [-0.05, 0) is 29.9 Å². The molecule has 0 saturated heterocycles. The quantitative estimate of drug-likeness (QED) is 0.750. The molecule has 0 N–H and O–H groups in total. The molecular weight excluding hydrogens is 223 g/mol. The molecule has 0 atom stereocenters. The number of halogens is 2. The van der Waals surface area contributed by atoms with Crippen molar-refractivity contribution in [1.82, 2.24) is 4.98 Å². The second-order valence-electron chi connectivity index (χ2n) is 3.44. The first-order valence-corrected chi connectivity index (χ1v) is 4.93. The molecule has 1 heterocycles. The maximum absolute atomic E-state index is 13.3. The molecule has 2 rings (SSSR count). The molecule has 2 aromatic rings. The maximum atomic E-state index is 13.3. The van der Waals surface area contributed by atoms with E-state index in [1.807, 2.05) is 0 Å². The summed E-state index contributed by atoms with van der Waals surface area (Å²) in [6.45, 7) is 0.00949. The zero-order valence-electron chi connectivity index (χ0n) is 8.86. The first-order chi connectivity index (χ1) is 8.15. The summed E-state index contributed by atoms with van der Waals surface area (Å²) in [6, 6.07) is 6.48. The minimum Gasteiger partial charge on any atom is -0.489 e. The summed E-state index contributed by atoms with van der Waals surface area (Å²) in [6.07, 6.45) is 1.49. The summed E-state index contributed by atoms with van der Waals surface area (Å²) in [5.74, 6) is -0.757. The van der Waals surface area contributed by atoms with Crippen molar-refractivity contribution >= 4 is 13.4 Å². The number of hydrogen-bond acceptors (Lipinski definition) is 2. The molecule has 0 aliphatic carbocycles. The van der Waals surface area contributed by atoms with E-state index in [1.54, 1.807) is 6.07 Å². The van der Waals surface area contributed by atoms with Crippen LogP contribution in [0.25, 0.3) is 0 Å². The van der Waals surface area contributed by atoms with Crippen molar-refractivity contribution < 1.29 is 13.5 Å². The van der Waals surface area contributed by atoms with Crippen molar-refractivity contribution in [2.75, 3.05) is 0 Å². The fraction of sp³-hybridized carbons (Fsp3) is 0.0833. The molecule has 0 amide bonds. The molecule has 0 aliphatic rings. The smallest absolute Gasteiger partial charge is 0.141 e. The van der Waals surface area contributed by atoms with Crippen LogP contribution in [0.15, 0.2) is 36.5 Å². The van der Waals surface area contributed by atoms with Gasteiger partial charge in [-0.2, -0.15) is 0 Å². The van der Waals surface area contributed by atoms with Crippen LogP contribution in [0.1, 0.15) is 5.56 Å². The Morgan fingerprint density at radius 2 is 2.00 bits per heavy atom. The minimum atomic E-state index is -0.632. The highest BCUT2D eigenvalue weighted by atomic mass is 19.1. The van der Waals surface area contributed by atoms with Crippen molar-refractivity contribution in [3.8, 4) is 5.75 Å². The number of nitrogens with zero attached hydrogens (tertiary/aromatic N) is 1. The average Bonchev–Trinajstić information content (AvgIpc) is 2.28. The Labute approximate surface area is 98.7 Å². The van der Waals surface area contributed by atoms with Crippen molar-refractivity contribution in [2.45, 2.75) is 6.61 Å². The standard InChI is InChI=1S/C12H8BF2NO/c13-12-6-10(3-4-16-12)17-7-8-1-2-9(14)5-11(8)15/h1-6H,7H2. The van der Waals surface area contributed by atoms with Gasteiger partial charge >= 0.3 is 0 Å². The van der Waals surface area contributed by atoms with Crippen LogP contribution in [0.4, 0.5) is 8.78 Å². The normalized spacial score (nSPS) is 10.2. The highest BCUT2D eigenvalue weighted by molar-refractivity contribution is 6.30. The van der Waals surface area contributed by atoms with Gasteiger partial charge in [0.25, 0.3) is 0 Å². The monoisotopic (exact) mass is 231 g/mol. The average molecular weight is 231 g/mol. The highest BCUT2D eigenvalue weighted by Gasteiger charge is 2.04. The fourth-order valence-corrected chi connectivity index (χ4v) is 1.32. The Morgan fingerprint density at radius 3 is 2.71 bits per heavy atom. The predicted octanol–water partition coefficient (Wildman–Crippen LogP) is 1.73. The molecule has 0 bridgehead atoms. The summed E-state index contributed by atoms with van der Waals surface area (Å²) >= 11 is 0. The lowest BCUT2D eigenvalue weighted by molar-refractivity contribution is 0.299. The zero-order chi connectivity index (χ0) is 12.3. The molecular formula is C12H8BF2NO. The third-order valence-electron chi connectivity index (χ3n) is 2.16. The summed E-state index contributed by atoms with van der Waals surface area (Å²) < 4.78 is 31.2. The van der Waals surface area contributed by atoms with E-state index >= 15 is 0 Å². The van der Waals surface area contributed by atoms with Crippen molar-refractivity contribution in [1.29, 1.82) is 0 Å². The Bertz CT molecular complexity index is 534. The second-order valence-corrected chi connectivity index (χ2v) is 3.44. The van der Waals surface area contributed by atoms with Gasteiger partial charge in [0.15, 0.2) is 0 Å². The van der Waals surface area contributed by atoms with Crippen LogP contribution in [-0.4, -0.2) is 12.8 Å². The van der Waals surface area contributed by atoms with E-state index in [-0.39, 0.29) is 12.2 Å². The molecule has 1 aromatic carbocycles. The molecule has 5 heteroatoms. The number of pyridine rings is 1. The molecule has 0 fully saturated rings. The summed E-state index contributed by atoms with van der Waals surface area (Å²) in [4.78, 5) is 3.80. The minimum absolute atomic E-state index is 0.00949. The Hall–Kier alpha value is -1.91. The van der Waals surface area contributed by atoms with Crippen LogP contribution >= 0.6 is 0 Å². The van der Waals surface area contributed by atoms with Crippen LogP contribution in [0.2, 0.25) is 0 Å². The van der Waals surface area contributed by atoms with Gasteiger partial charge in [0.05, 0.1) is 0 Å². The Morgan fingerprint density at radius 1 is 1.18 bits per heavy atom. The van der Waals surface area contributed by atoms with E-state index in [4.69, 9.17) is 12.6 Å². The van der Waals surface area contributed by atoms with Gasteiger partial charge in [-0.1, -0.05) is 0 Å². The largest absolute Gasteiger partial charge is 0.489 e. The Balaban J connectivity index is 2.07. The van der Waals surface area contributed by atoms with E-state index in [0.29, 0.717) is 11.3 Å². The van der Waals surface area contributed by atoms with Gasteiger partial charge in [0, 0.05) is 17.8 Å². The van der Waals surface area contributed by atoms with E-state index < -0.39 is 11.6 Å². The number of hydrogen-bond donors (Lipinski definition) is 0. The lowest BCUT2D eigenvalue weighted by Crippen LogP contribution is -2.08. The number of aromatic nitrogens is 1. The molecule has 0 saturated carbocycles. The zero-order valence-corrected chi connectivity index (χ0v) is 8.86. The topological polar surface area (TPSA) is 22.1 Å². The summed E-state index contributed by atoms with van der Waals surface area (Å²) in [5.41, 5.74) is 0.601. The number of ether oxygens (including phenoxy) is 1. The molecule has 0 spiro atoms. The first kappa shape index (κ1) is 11.6. The van der Waals surface area contributed by atoms with Gasteiger partial charge in [-0.3, -0.25) is 4.98 Å². The fourth-order valence-electron chi connectivity index (χ4n) is 1.32. The van der Waals surface area contributed by atoms with Crippen molar-refractivity contribution in [3.05, 3.63) is 53.7 Å². The van der Waals surface area contributed by atoms with E-state index in [9.17, 15) is 8.78 Å². The predicted molar refractivity (Wildman–Crippen MR) is 60.3 cm³/mol. The third-order valence-corrected chi connectivity index (χ3v) is 2.16. The van der Waals surface area contributed by atoms with Crippen LogP contribution in [0.5, 0.6) is 5.75 Å². The van der Waals surface area contributed by atoms with E-state index in [1.165, 1.54) is 24.4 Å². The van der Waals surface area contributed by atoms with Crippen LogP contribution in [0, 0.1) is 11.6 Å².